The molecule has 0 amide bonds. The Balaban J connectivity index is 1.67. The predicted octanol–water partition coefficient (Wildman–Crippen LogP) is 4.32. The van der Waals surface area contributed by atoms with Crippen LogP contribution in [0.4, 0.5) is 0 Å². The fourth-order valence-electron chi connectivity index (χ4n) is 2.95. The van der Waals surface area contributed by atoms with Gasteiger partial charge in [0.25, 0.3) is 0 Å². The number of hydrogen-bond donors (Lipinski definition) is 1. The zero-order valence-electron chi connectivity index (χ0n) is 13.7. The summed E-state index contributed by atoms with van der Waals surface area (Å²) >= 11 is 0. The molecule has 1 saturated carbocycles. The molecule has 1 aliphatic carbocycles. The van der Waals surface area contributed by atoms with E-state index in [9.17, 15) is 0 Å². The monoisotopic (exact) mass is 289 g/mol. The van der Waals surface area contributed by atoms with Crippen molar-refractivity contribution in [2.75, 3.05) is 13.1 Å². The Kier molecular flexibility index (Phi) is 7.25. The number of ether oxygens (including phenoxy) is 1. The Morgan fingerprint density at radius 1 is 1.00 bits per heavy atom. The van der Waals surface area contributed by atoms with Crippen LogP contribution in [-0.2, 0) is 17.8 Å². The van der Waals surface area contributed by atoms with Crippen LogP contribution in [0.2, 0.25) is 0 Å². The topological polar surface area (TPSA) is 21.3 Å². The zero-order chi connectivity index (χ0) is 14.9. The van der Waals surface area contributed by atoms with E-state index < -0.39 is 0 Å². The molecule has 1 fully saturated rings. The fraction of sp³-hybridized carbons (Fsp3) is 0.684. The Hall–Kier alpha value is -0.860. The summed E-state index contributed by atoms with van der Waals surface area (Å²) in [5.41, 5.74) is 2.72. The van der Waals surface area contributed by atoms with E-state index in [0.717, 1.165) is 32.0 Å². The first-order valence-electron chi connectivity index (χ1n) is 8.68. The van der Waals surface area contributed by atoms with Crippen LogP contribution in [0.15, 0.2) is 24.3 Å². The molecule has 21 heavy (non-hydrogen) atoms. The van der Waals surface area contributed by atoms with E-state index in [1.165, 1.54) is 43.2 Å². The van der Waals surface area contributed by atoms with Crippen molar-refractivity contribution in [3.63, 3.8) is 0 Å². The number of nitrogens with one attached hydrogen (secondary N) is 1. The Bertz CT molecular complexity index is 379. The van der Waals surface area contributed by atoms with Crippen molar-refractivity contribution < 1.29 is 4.74 Å². The van der Waals surface area contributed by atoms with Gasteiger partial charge in [-0.3, -0.25) is 0 Å². The summed E-state index contributed by atoms with van der Waals surface area (Å²) in [6, 6.07) is 8.94. The molecular weight excluding hydrogens is 258 g/mol. The predicted molar refractivity (Wildman–Crippen MR) is 89.5 cm³/mol. The van der Waals surface area contributed by atoms with Crippen molar-refractivity contribution >= 4 is 0 Å². The summed E-state index contributed by atoms with van der Waals surface area (Å²) in [7, 11) is 0. The van der Waals surface area contributed by atoms with Crippen LogP contribution in [0.25, 0.3) is 0 Å². The van der Waals surface area contributed by atoms with Gasteiger partial charge in [0, 0.05) is 0 Å². The molecule has 1 aromatic rings. The van der Waals surface area contributed by atoms with Gasteiger partial charge >= 0.3 is 0 Å². The summed E-state index contributed by atoms with van der Waals surface area (Å²) < 4.78 is 6.06. The summed E-state index contributed by atoms with van der Waals surface area (Å²) in [5, 5.41) is 3.45. The first kappa shape index (κ1) is 16.5. The highest BCUT2D eigenvalue weighted by molar-refractivity contribution is 5.22. The van der Waals surface area contributed by atoms with Crippen LogP contribution in [0.3, 0.4) is 0 Å². The Labute approximate surface area is 130 Å². The van der Waals surface area contributed by atoms with E-state index in [2.05, 4.69) is 43.4 Å². The average molecular weight is 289 g/mol. The minimum absolute atomic E-state index is 0.485. The lowest BCUT2D eigenvalue weighted by Gasteiger charge is -2.26. The molecule has 1 aromatic carbocycles. The van der Waals surface area contributed by atoms with Gasteiger partial charge in [0.15, 0.2) is 0 Å². The Morgan fingerprint density at radius 3 is 2.33 bits per heavy atom. The van der Waals surface area contributed by atoms with Gasteiger partial charge in [-0.2, -0.15) is 0 Å². The van der Waals surface area contributed by atoms with E-state index in [1.807, 2.05) is 0 Å². The number of benzene rings is 1. The summed E-state index contributed by atoms with van der Waals surface area (Å²) in [4.78, 5) is 0. The van der Waals surface area contributed by atoms with Crippen molar-refractivity contribution in [3.05, 3.63) is 35.4 Å². The molecule has 2 heteroatoms. The van der Waals surface area contributed by atoms with Gasteiger partial charge in [0.1, 0.15) is 0 Å². The minimum Gasteiger partial charge on any atom is -0.374 e. The van der Waals surface area contributed by atoms with Crippen LogP contribution in [0, 0.1) is 5.92 Å². The van der Waals surface area contributed by atoms with Crippen LogP contribution >= 0.6 is 0 Å². The quantitative estimate of drug-likeness (QED) is 0.719. The maximum Gasteiger partial charge on any atom is 0.0720 e. The molecule has 1 N–H and O–H groups in total. The largest absolute Gasteiger partial charge is 0.374 e. The lowest BCUT2D eigenvalue weighted by atomic mass is 9.89. The van der Waals surface area contributed by atoms with Gasteiger partial charge < -0.3 is 10.1 Å². The molecule has 0 aliphatic heterocycles. The number of hydrogen-bond acceptors (Lipinski definition) is 2. The molecule has 0 atom stereocenters. The normalized spacial score (nSPS) is 22.4. The van der Waals surface area contributed by atoms with Crippen LogP contribution in [0.1, 0.15) is 57.1 Å². The molecular formula is C19H31NO. The summed E-state index contributed by atoms with van der Waals surface area (Å²) in [6.07, 6.45) is 7.93. The maximum absolute atomic E-state index is 6.06. The van der Waals surface area contributed by atoms with Gasteiger partial charge in [-0.15, -0.1) is 0 Å². The van der Waals surface area contributed by atoms with Crippen molar-refractivity contribution in [1.82, 2.24) is 5.32 Å². The molecule has 2 rings (SSSR count). The van der Waals surface area contributed by atoms with E-state index in [0.29, 0.717) is 6.10 Å². The van der Waals surface area contributed by atoms with Crippen LogP contribution < -0.4 is 5.32 Å². The third-order valence-electron chi connectivity index (χ3n) is 4.49. The Morgan fingerprint density at radius 2 is 1.67 bits per heavy atom. The van der Waals surface area contributed by atoms with Crippen LogP contribution in [-0.4, -0.2) is 19.2 Å². The van der Waals surface area contributed by atoms with Crippen LogP contribution in [0.5, 0.6) is 0 Å². The van der Waals surface area contributed by atoms with E-state index >= 15 is 0 Å². The highest BCUT2D eigenvalue weighted by atomic mass is 16.5. The molecule has 0 heterocycles. The molecule has 0 radical (unpaired) electrons. The molecule has 0 aromatic heterocycles. The minimum atomic E-state index is 0.485. The first-order valence-corrected chi connectivity index (χ1v) is 8.68. The first-order chi connectivity index (χ1) is 10.3. The second-order valence-electron chi connectivity index (χ2n) is 6.51. The summed E-state index contributed by atoms with van der Waals surface area (Å²) in [5.74, 6) is 0.894. The van der Waals surface area contributed by atoms with Gasteiger partial charge in [-0.25, -0.2) is 0 Å². The van der Waals surface area contributed by atoms with Gasteiger partial charge in [-0.1, -0.05) is 38.1 Å². The standard InChI is InChI=1S/C19H31NO/c1-3-13-20-14-12-17-6-8-18(9-7-17)15-21-19-10-4-16(2)5-11-19/h6-9,16,19-20H,3-5,10-15H2,1-2H3. The molecule has 0 saturated heterocycles. The molecule has 0 spiro atoms. The van der Waals surface area contributed by atoms with E-state index in [-0.39, 0.29) is 0 Å². The van der Waals surface area contributed by atoms with Gasteiger partial charge in [-0.05, 0) is 68.7 Å². The molecule has 2 nitrogen and oxygen atoms in total. The third kappa shape index (κ3) is 6.19. The number of rotatable bonds is 8. The molecule has 118 valence electrons. The lowest BCUT2D eigenvalue weighted by molar-refractivity contribution is 0.00877. The maximum atomic E-state index is 6.06. The van der Waals surface area contributed by atoms with E-state index in [1.54, 1.807) is 0 Å². The second-order valence-corrected chi connectivity index (χ2v) is 6.51. The average Bonchev–Trinajstić information content (AvgIpc) is 2.52. The molecule has 0 unspecified atom stereocenters. The second kappa shape index (κ2) is 9.22. The molecule has 1 aliphatic rings. The van der Waals surface area contributed by atoms with Gasteiger partial charge in [0.05, 0.1) is 12.7 Å². The smallest absolute Gasteiger partial charge is 0.0720 e. The van der Waals surface area contributed by atoms with Crippen molar-refractivity contribution in [2.24, 2.45) is 5.92 Å². The summed E-state index contributed by atoms with van der Waals surface area (Å²) in [6.45, 7) is 7.52. The van der Waals surface area contributed by atoms with E-state index in [4.69, 9.17) is 4.74 Å². The van der Waals surface area contributed by atoms with Crippen molar-refractivity contribution in [3.8, 4) is 0 Å². The zero-order valence-corrected chi connectivity index (χ0v) is 13.7. The highest BCUT2D eigenvalue weighted by Gasteiger charge is 2.18. The van der Waals surface area contributed by atoms with Gasteiger partial charge in [0.2, 0.25) is 0 Å². The van der Waals surface area contributed by atoms with Crippen molar-refractivity contribution in [2.45, 2.75) is 65.1 Å². The van der Waals surface area contributed by atoms with Crippen molar-refractivity contribution in [1.29, 1.82) is 0 Å². The fourth-order valence-corrected chi connectivity index (χ4v) is 2.95. The SMILES string of the molecule is CCCNCCc1ccc(COC2CCC(C)CC2)cc1. The molecule has 0 bridgehead atoms. The third-order valence-corrected chi connectivity index (χ3v) is 4.49. The lowest BCUT2D eigenvalue weighted by Crippen LogP contribution is -2.20. The highest BCUT2D eigenvalue weighted by Crippen LogP contribution is 2.26.